The van der Waals surface area contributed by atoms with Gasteiger partial charge in [0.25, 0.3) is 0 Å². The Morgan fingerprint density at radius 2 is 1.32 bits per heavy atom. The van der Waals surface area contributed by atoms with E-state index in [-0.39, 0.29) is 5.92 Å². The lowest BCUT2D eigenvalue weighted by molar-refractivity contribution is 0.840. The molecular formula is C26H26N2. The van der Waals surface area contributed by atoms with E-state index in [1.807, 2.05) is 50.3 Å². The molecule has 2 aromatic rings. The Morgan fingerprint density at radius 1 is 0.857 bits per heavy atom. The third-order valence-corrected chi connectivity index (χ3v) is 3.83. The maximum Gasteiger partial charge on any atom is 0.0991 e. The first-order chi connectivity index (χ1) is 13.6. The van der Waals surface area contributed by atoms with Gasteiger partial charge in [0.2, 0.25) is 0 Å². The molecule has 1 unspecified atom stereocenters. The van der Waals surface area contributed by atoms with Crippen LogP contribution in [0.4, 0.5) is 0 Å². The minimum absolute atomic E-state index is 0.00155. The zero-order valence-corrected chi connectivity index (χ0v) is 16.6. The Hall–Kier alpha value is -3.62. The molecule has 0 saturated heterocycles. The van der Waals surface area contributed by atoms with Crippen molar-refractivity contribution in [1.29, 1.82) is 10.5 Å². The fraction of sp³-hybridized carbons (Fsp3) is 0.154. The number of hydrogen-bond acceptors (Lipinski definition) is 2. The van der Waals surface area contributed by atoms with Crippen molar-refractivity contribution in [3.05, 3.63) is 103 Å². The van der Waals surface area contributed by atoms with Gasteiger partial charge in [0.05, 0.1) is 23.6 Å². The molecule has 0 aromatic heterocycles. The highest BCUT2D eigenvalue weighted by atomic mass is 14.3. The molecule has 1 aliphatic rings. The van der Waals surface area contributed by atoms with E-state index >= 15 is 0 Å². The maximum absolute atomic E-state index is 8.90. The molecule has 3 rings (SSSR count). The van der Waals surface area contributed by atoms with Crippen molar-refractivity contribution in [3.8, 4) is 23.3 Å². The van der Waals surface area contributed by atoms with Gasteiger partial charge in [-0.2, -0.15) is 10.5 Å². The molecule has 140 valence electrons. The highest BCUT2D eigenvalue weighted by Crippen LogP contribution is 2.26. The summed E-state index contributed by atoms with van der Waals surface area (Å²) in [6.07, 6.45) is 10.4. The van der Waals surface area contributed by atoms with Gasteiger partial charge in [-0.25, -0.2) is 0 Å². The molecule has 2 nitrogen and oxygen atoms in total. The standard InChI is InChI=1S/C20H14N2.2C3H6/c21-13-15-1-5-17(6-2-15)19-9-11-20(12-10-19)18-7-3-16(14-22)4-8-18;2*1-3-2/h1-3,5-12,16H,4H2;2*3H,1H2,2H3. The van der Waals surface area contributed by atoms with Crippen LogP contribution in [0, 0.1) is 28.6 Å². The first kappa shape index (κ1) is 22.4. The van der Waals surface area contributed by atoms with Gasteiger partial charge in [-0.05, 0) is 54.7 Å². The highest BCUT2D eigenvalue weighted by molar-refractivity contribution is 5.77. The number of nitriles is 2. The van der Waals surface area contributed by atoms with Crippen LogP contribution in [0.25, 0.3) is 16.7 Å². The summed E-state index contributed by atoms with van der Waals surface area (Å²) >= 11 is 0. The molecule has 0 fully saturated rings. The molecule has 28 heavy (non-hydrogen) atoms. The monoisotopic (exact) mass is 366 g/mol. The van der Waals surface area contributed by atoms with Crippen LogP contribution < -0.4 is 0 Å². The van der Waals surface area contributed by atoms with Gasteiger partial charge in [0, 0.05) is 0 Å². The van der Waals surface area contributed by atoms with Crippen LogP contribution in [-0.2, 0) is 0 Å². The van der Waals surface area contributed by atoms with Gasteiger partial charge < -0.3 is 0 Å². The molecule has 1 atom stereocenters. The maximum atomic E-state index is 8.90. The summed E-state index contributed by atoms with van der Waals surface area (Å²) in [7, 11) is 0. The molecule has 2 heteroatoms. The van der Waals surface area contributed by atoms with E-state index in [0.29, 0.717) is 5.56 Å². The van der Waals surface area contributed by atoms with E-state index in [1.54, 1.807) is 12.2 Å². The van der Waals surface area contributed by atoms with Crippen molar-refractivity contribution in [3.63, 3.8) is 0 Å². The van der Waals surface area contributed by atoms with Gasteiger partial charge in [-0.15, -0.1) is 13.2 Å². The third-order valence-electron chi connectivity index (χ3n) is 3.83. The molecule has 2 aromatic carbocycles. The largest absolute Gasteiger partial charge is 0.198 e. The van der Waals surface area contributed by atoms with Crippen LogP contribution in [0.15, 0.2) is 92.1 Å². The lowest BCUT2D eigenvalue weighted by Gasteiger charge is -2.11. The zero-order valence-electron chi connectivity index (χ0n) is 16.6. The average Bonchev–Trinajstić information content (AvgIpc) is 2.75. The minimum Gasteiger partial charge on any atom is -0.198 e. The Morgan fingerprint density at radius 3 is 1.71 bits per heavy atom. The quantitative estimate of drug-likeness (QED) is 0.532. The summed E-state index contributed by atoms with van der Waals surface area (Å²) < 4.78 is 0. The highest BCUT2D eigenvalue weighted by Gasteiger charge is 2.08. The van der Waals surface area contributed by atoms with Crippen LogP contribution in [0.3, 0.4) is 0 Å². The van der Waals surface area contributed by atoms with Crippen LogP contribution in [0.2, 0.25) is 0 Å². The summed E-state index contributed by atoms with van der Waals surface area (Å²) in [5, 5.41) is 17.7. The number of hydrogen-bond donors (Lipinski definition) is 0. The fourth-order valence-electron chi connectivity index (χ4n) is 2.52. The van der Waals surface area contributed by atoms with E-state index in [9.17, 15) is 0 Å². The first-order valence-electron chi connectivity index (χ1n) is 9.16. The minimum atomic E-state index is 0.00155. The second-order valence-electron chi connectivity index (χ2n) is 6.07. The van der Waals surface area contributed by atoms with Crippen molar-refractivity contribution in [2.45, 2.75) is 20.3 Å². The molecule has 0 radical (unpaired) electrons. The van der Waals surface area contributed by atoms with Crippen LogP contribution >= 0.6 is 0 Å². The fourth-order valence-corrected chi connectivity index (χ4v) is 2.52. The molecule has 0 saturated carbocycles. The average molecular weight is 367 g/mol. The summed E-state index contributed by atoms with van der Waals surface area (Å²) in [5.41, 5.74) is 5.22. The van der Waals surface area contributed by atoms with Crippen molar-refractivity contribution < 1.29 is 0 Å². The van der Waals surface area contributed by atoms with Crippen molar-refractivity contribution in [1.82, 2.24) is 0 Å². The Labute approximate surface area is 169 Å². The second kappa shape index (κ2) is 12.7. The summed E-state index contributed by atoms with van der Waals surface area (Å²) in [6.45, 7) is 10.5. The molecule has 0 heterocycles. The molecule has 0 aliphatic heterocycles. The molecule has 0 N–H and O–H groups in total. The lowest BCUT2D eigenvalue weighted by Crippen LogP contribution is -1.96. The van der Waals surface area contributed by atoms with E-state index in [0.717, 1.165) is 28.7 Å². The van der Waals surface area contributed by atoms with Gasteiger partial charge in [-0.1, -0.05) is 66.8 Å². The number of benzene rings is 2. The van der Waals surface area contributed by atoms with Crippen LogP contribution in [0.1, 0.15) is 31.4 Å². The molecule has 1 aliphatic carbocycles. The Bertz CT molecular complexity index is 893. The van der Waals surface area contributed by atoms with E-state index in [2.05, 4.69) is 55.6 Å². The van der Waals surface area contributed by atoms with Gasteiger partial charge >= 0.3 is 0 Å². The predicted octanol–water partition coefficient (Wildman–Crippen LogP) is 7.09. The van der Waals surface area contributed by atoms with Crippen molar-refractivity contribution >= 4 is 5.57 Å². The topological polar surface area (TPSA) is 47.6 Å². The van der Waals surface area contributed by atoms with E-state index in [4.69, 9.17) is 10.5 Å². The van der Waals surface area contributed by atoms with Crippen molar-refractivity contribution in [2.24, 2.45) is 5.92 Å². The van der Waals surface area contributed by atoms with Crippen molar-refractivity contribution in [2.75, 3.05) is 0 Å². The smallest absolute Gasteiger partial charge is 0.0991 e. The lowest BCUT2D eigenvalue weighted by atomic mass is 9.93. The number of allylic oxidation sites excluding steroid dienone is 6. The number of rotatable bonds is 2. The van der Waals surface area contributed by atoms with Gasteiger partial charge in [0.15, 0.2) is 0 Å². The normalized spacial score (nSPS) is 13.9. The molecule has 0 bridgehead atoms. The van der Waals surface area contributed by atoms with E-state index < -0.39 is 0 Å². The van der Waals surface area contributed by atoms with Crippen LogP contribution in [-0.4, -0.2) is 0 Å². The number of nitrogens with zero attached hydrogens (tertiary/aromatic N) is 2. The zero-order chi connectivity index (χ0) is 20.8. The molecular weight excluding hydrogens is 340 g/mol. The predicted molar refractivity (Wildman–Crippen MR) is 119 cm³/mol. The first-order valence-corrected chi connectivity index (χ1v) is 9.16. The second-order valence-corrected chi connectivity index (χ2v) is 6.07. The Balaban J connectivity index is 0.000000582. The molecule has 0 spiro atoms. The summed E-state index contributed by atoms with van der Waals surface area (Å²) in [4.78, 5) is 0. The SMILES string of the molecule is C=CC.C=CC.N#Cc1ccc(-c2ccc(C3=CCC(C#N)C=C3)cc2)cc1. The summed E-state index contributed by atoms with van der Waals surface area (Å²) in [5.74, 6) is 0.00155. The van der Waals surface area contributed by atoms with E-state index in [1.165, 1.54) is 0 Å². The van der Waals surface area contributed by atoms with Gasteiger partial charge in [0.1, 0.15) is 0 Å². The van der Waals surface area contributed by atoms with Gasteiger partial charge in [-0.3, -0.25) is 0 Å². The third kappa shape index (κ3) is 6.94. The molecule has 0 amide bonds. The Kier molecular flexibility index (Phi) is 10.2. The van der Waals surface area contributed by atoms with Crippen LogP contribution in [0.5, 0.6) is 0 Å². The summed E-state index contributed by atoms with van der Waals surface area (Å²) in [6, 6.07) is 20.3.